The van der Waals surface area contributed by atoms with Crippen LogP contribution in [0.3, 0.4) is 0 Å². The molecular weight excluding hydrogens is 424 g/mol. The molecule has 4 nitrogen and oxygen atoms in total. The van der Waals surface area contributed by atoms with E-state index in [4.69, 9.17) is 14.2 Å². The van der Waals surface area contributed by atoms with Crippen LogP contribution in [0, 0.1) is 23.2 Å². The second-order valence-corrected chi connectivity index (χ2v) is 11.1. The van der Waals surface area contributed by atoms with Gasteiger partial charge in [0.2, 0.25) is 0 Å². The van der Waals surface area contributed by atoms with E-state index in [1.807, 2.05) is 39.2 Å². The highest BCUT2D eigenvalue weighted by molar-refractivity contribution is 5.71. The van der Waals surface area contributed by atoms with E-state index in [0.29, 0.717) is 24.4 Å². The molecule has 0 amide bonds. The SMILES string of the molecule is CO[C@H]1C[C@@H](OC(=O)C(C)C)C2C3CCc4cc(OCc5ccccc5)ccc4C3CC[C@@]21C. The van der Waals surface area contributed by atoms with Crippen LogP contribution in [-0.4, -0.2) is 25.3 Å². The average Bonchev–Trinajstić information content (AvgIpc) is 3.14. The van der Waals surface area contributed by atoms with E-state index in [1.54, 1.807) is 0 Å². The quantitative estimate of drug-likeness (QED) is 0.472. The Bertz CT molecular complexity index is 1020. The summed E-state index contributed by atoms with van der Waals surface area (Å²) in [6.45, 7) is 6.80. The zero-order valence-electron chi connectivity index (χ0n) is 21.0. The molecule has 0 aromatic heterocycles. The Kier molecular flexibility index (Phi) is 6.45. The molecule has 0 saturated heterocycles. The van der Waals surface area contributed by atoms with Gasteiger partial charge in [-0.3, -0.25) is 4.79 Å². The second kappa shape index (κ2) is 9.37. The normalized spacial score (nSPS) is 32.0. The van der Waals surface area contributed by atoms with Crippen molar-refractivity contribution < 1.29 is 19.0 Å². The maximum atomic E-state index is 12.6. The summed E-state index contributed by atoms with van der Waals surface area (Å²) in [5.41, 5.74) is 4.14. The highest BCUT2D eigenvalue weighted by Gasteiger charge is 2.60. The average molecular weight is 463 g/mol. The molecule has 2 aromatic rings. The van der Waals surface area contributed by atoms with Crippen molar-refractivity contribution in [1.29, 1.82) is 0 Å². The Hall–Kier alpha value is -2.33. The van der Waals surface area contributed by atoms with Gasteiger partial charge >= 0.3 is 5.97 Å². The molecule has 3 aliphatic carbocycles. The molecule has 3 unspecified atom stereocenters. The summed E-state index contributed by atoms with van der Waals surface area (Å²) in [6.07, 6.45) is 5.38. The molecule has 0 N–H and O–H groups in total. The Balaban J connectivity index is 1.37. The van der Waals surface area contributed by atoms with Gasteiger partial charge in [-0.25, -0.2) is 0 Å². The standard InChI is InChI=1S/C30H38O4/c1-19(2)29(31)34-26-17-27(32-4)30(3)15-14-24-23-13-11-22(33-18-20-8-6-5-7-9-20)16-21(23)10-12-25(24)28(26)30/h5-9,11,13,16,19,24-28H,10,12,14-15,17-18H2,1-4H3/t24?,25?,26-,27+,28?,30-/m1/s1. The molecule has 0 heterocycles. The van der Waals surface area contributed by atoms with E-state index >= 15 is 0 Å². The van der Waals surface area contributed by atoms with Crippen LogP contribution in [0.5, 0.6) is 5.75 Å². The zero-order valence-corrected chi connectivity index (χ0v) is 21.0. The fourth-order valence-corrected chi connectivity index (χ4v) is 7.14. The third kappa shape index (κ3) is 4.15. The molecule has 0 radical (unpaired) electrons. The maximum absolute atomic E-state index is 12.6. The van der Waals surface area contributed by atoms with Crippen molar-refractivity contribution in [3.63, 3.8) is 0 Å². The fourth-order valence-electron chi connectivity index (χ4n) is 7.14. The van der Waals surface area contributed by atoms with Gasteiger partial charge in [0.1, 0.15) is 18.5 Å². The summed E-state index contributed by atoms with van der Waals surface area (Å²) in [6, 6.07) is 17.0. The van der Waals surface area contributed by atoms with Gasteiger partial charge < -0.3 is 14.2 Å². The van der Waals surface area contributed by atoms with Crippen molar-refractivity contribution in [2.45, 2.75) is 77.6 Å². The van der Waals surface area contributed by atoms with Crippen molar-refractivity contribution in [2.24, 2.45) is 23.2 Å². The molecule has 2 fully saturated rings. The first-order valence-corrected chi connectivity index (χ1v) is 12.9. The number of rotatable bonds is 6. The van der Waals surface area contributed by atoms with E-state index in [9.17, 15) is 4.79 Å². The van der Waals surface area contributed by atoms with Crippen LogP contribution in [0.25, 0.3) is 0 Å². The lowest BCUT2D eigenvalue weighted by Crippen LogP contribution is -2.47. The number of hydrogen-bond donors (Lipinski definition) is 0. The molecule has 4 heteroatoms. The van der Waals surface area contributed by atoms with Gasteiger partial charge in [0.05, 0.1) is 12.0 Å². The van der Waals surface area contributed by atoms with Crippen molar-refractivity contribution in [3.05, 3.63) is 65.2 Å². The lowest BCUT2D eigenvalue weighted by Gasteiger charge is -2.51. The molecular formula is C30H38O4. The predicted octanol–water partition coefficient (Wildman–Crippen LogP) is 6.31. The summed E-state index contributed by atoms with van der Waals surface area (Å²) < 4.78 is 18.2. The van der Waals surface area contributed by atoms with Crippen LogP contribution >= 0.6 is 0 Å². The number of hydrogen-bond acceptors (Lipinski definition) is 4. The Morgan fingerprint density at radius 2 is 1.91 bits per heavy atom. The lowest BCUT2D eigenvalue weighted by molar-refractivity contribution is -0.158. The van der Waals surface area contributed by atoms with Crippen molar-refractivity contribution in [3.8, 4) is 5.75 Å². The van der Waals surface area contributed by atoms with Gasteiger partial charge in [0.15, 0.2) is 0 Å². The maximum Gasteiger partial charge on any atom is 0.308 e. The van der Waals surface area contributed by atoms with Crippen LogP contribution in [0.1, 0.15) is 69.1 Å². The number of methoxy groups -OCH3 is 1. The van der Waals surface area contributed by atoms with Crippen molar-refractivity contribution in [1.82, 2.24) is 0 Å². The fraction of sp³-hybridized carbons (Fsp3) is 0.567. The molecule has 182 valence electrons. The highest BCUT2D eigenvalue weighted by atomic mass is 16.5. The molecule has 5 rings (SSSR count). The Morgan fingerprint density at radius 3 is 2.65 bits per heavy atom. The van der Waals surface area contributed by atoms with Crippen molar-refractivity contribution in [2.75, 3.05) is 7.11 Å². The lowest BCUT2D eigenvalue weighted by atomic mass is 9.55. The monoisotopic (exact) mass is 462 g/mol. The molecule has 0 aliphatic heterocycles. The van der Waals surface area contributed by atoms with E-state index in [2.05, 4.69) is 37.3 Å². The second-order valence-electron chi connectivity index (χ2n) is 11.1. The summed E-state index contributed by atoms with van der Waals surface area (Å²) in [7, 11) is 1.82. The molecule has 0 spiro atoms. The van der Waals surface area contributed by atoms with Crippen LogP contribution in [0.4, 0.5) is 0 Å². The number of fused-ring (bicyclic) bond motifs is 5. The van der Waals surface area contributed by atoms with Crippen LogP contribution in [0.2, 0.25) is 0 Å². The number of carbonyl (C=O) groups excluding carboxylic acids is 1. The number of benzene rings is 2. The summed E-state index contributed by atoms with van der Waals surface area (Å²) in [4.78, 5) is 12.6. The topological polar surface area (TPSA) is 44.8 Å². The zero-order chi connectivity index (χ0) is 23.9. The van der Waals surface area contributed by atoms with Crippen LogP contribution in [-0.2, 0) is 27.3 Å². The minimum absolute atomic E-state index is 0.0484. The predicted molar refractivity (Wildman–Crippen MR) is 133 cm³/mol. The number of aryl methyl sites for hydroxylation is 1. The molecule has 3 aliphatic rings. The first kappa shape index (κ1) is 23.4. The van der Waals surface area contributed by atoms with Gasteiger partial charge in [-0.05, 0) is 66.3 Å². The minimum atomic E-state index is -0.103. The Morgan fingerprint density at radius 1 is 1.12 bits per heavy atom. The minimum Gasteiger partial charge on any atom is -0.489 e. The summed E-state index contributed by atoms with van der Waals surface area (Å²) >= 11 is 0. The largest absolute Gasteiger partial charge is 0.489 e. The van der Waals surface area contributed by atoms with Crippen LogP contribution in [0.15, 0.2) is 48.5 Å². The summed E-state index contributed by atoms with van der Waals surface area (Å²) in [5, 5.41) is 0. The van der Waals surface area contributed by atoms with Crippen LogP contribution < -0.4 is 4.74 Å². The first-order valence-electron chi connectivity index (χ1n) is 12.9. The van der Waals surface area contributed by atoms with Gasteiger partial charge in [-0.2, -0.15) is 0 Å². The van der Waals surface area contributed by atoms with E-state index in [1.165, 1.54) is 23.1 Å². The molecule has 0 bridgehead atoms. The van der Waals surface area contributed by atoms with E-state index in [-0.39, 0.29) is 29.5 Å². The van der Waals surface area contributed by atoms with Gasteiger partial charge in [-0.1, -0.05) is 57.2 Å². The summed E-state index contributed by atoms with van der Waals surface area (Å²) in [5.74, 6) is 2.15. The van der Waals surface area contributed by atoms with Crippen molar-refractivity contribution >= 4 is 5.97 Å². The smallest absolute Gasteiger partial charge is 0.308 e. The van der Waals surface area contributed by atoms with E-state index in [0.717, 1.165) is 31.4 Å². The van der Waals surface area contributed by atoms with Gasteiger partial charge in [0, 0.05) is 24.9 Å². The molecule has 2 aromatic carbocycles. The van der Waals surface area contributed by atoms with Gasteiger partial charge in [-0.15, -0.1) is 0 Å². The molecule has 34 heavy (non-hydrogen) atoms. The van der Waals surface area contributed by atoms with E-state index < -0.39 is 0 Å². The number of carbonyl (C=O) groups is 1. The first-order chi connectivity index (χ1) is 16.4. The highest BCUT2D eigenvalue weighted by Crippen LogP contribution is 2.62. The Labute approximate surface area is 204 Å². The molecule has 6 atom stereocenters. The number of ether oxygens (including phenoxy) is 3. The molecule has 2 saturated carbocycles. The number of esters is 1. The van der Waals surface area contributed by atoms with Gasteiger partial charge in [0.25, 0.3) is 0 Å². The third-order valence-electron chi connectivity index (χ3n) is 8.85. The third-order valence-corrected chi connectivity index (χ3v) is 8.85.